The number of halogens is 2. The van der Waals surface area contributed by atoms with Gasteiger partial charge in [0, 0.05) is 23.6 Å². The Morgan fingerprint density at radius 1 is 1.50 bits per heavy atom. The predicted molar refractivity (Wildman–Crippen MR) is 75.5 cm³/mol. The van der Waals surface area contributed by atoms with Gasteiger partial charge >= 0.3 is 0 Å². The van der Waals surface area contributed by atoms with Crippen LogP contribution in [0.1, 0.15) is 30.8 Å². The molecule has 1 aromatic carbocycles. The second kappa shape index (κ2) is 6.78. The van der Waals surface area contributed by atoms with Crippen molar-refractivity contribution in [1.82, 2.24) is 20.2 Å². The van der Waals surface area contributed by atoms with E-state index in [0.29, 0.717) is 17.0 Å². The van der Waals surface area contributed by atoms with E-state index in [2.05, 4.69) is 22.4 Å². The van der Waals surface area contributed by atoms with Crippen LogP contribution < -0.4 is 11.3 Å². The summed E-state index contributed by atoms with van der Waals surface area (Å²) in [5.41, 5.74) is 3.08. The zero-order chi connectivity index (χ0) is 14.5. The number of hydrazine groups is 1. The topological polar surface area (TPSA) is 68.8 Å². The van der Waals surface area contributed by atoms with Gasteiger partial charge in [-0.2, -0.15) is 5.10 Å². The summed E-state index contributed by atoms with van der Waals surface area (Å²) in [7, 11) is 0. The van der Waals surface area contributed by atoms with E-state index in [1.54, 1.807) is 16.8 Å². The number of nitrogens with one attached hydrogen (secondary N) is 1. The van der Waals surface area contributed by atoms with Crippen molar-refractivity contribution >= 4 is 11.6 Å². The first kappa shape index (κ1) is 14.9. The first-order valence-electron chi connectivity index (χ1n) is 6.43. The van der Waals surface area contributed by atoms with Gasteiger partial charge in [0.2, 0.25) is 0 Å². The minimum atomic E-state index is -0.387. The van der Waals surface area contributed by atoms with Crippen LogP contribution in [0.2, 0.25) is 5.02 Å². The van der Waals surface area contributed by atoms with Crippen molar-refractivity contribution in [1.29, 1.82) is 0 Å². The van der Waals surface area contributed by atoms with Crippen molar-refractivity contribution in [3.8, 4) is 0 Å². The molecule has 0 aliphatic carbocycles. The van der Waals surface area contributed by atoms with Gasteiger partial charge in [0.1, 0.15) is 18.0 Å². The molecule has 2 aromatic rings. The van der Waals surface area contributed by atoms with Crippen LogP contribution >= 0.6 is 11.6 Å². The summed E-state index contributed by atoms with van der Waals surface area (Å²) in [6, 6.07) is 4.16. The molecule has 0 saturated carbocycles. The quantitative estimate of drug-likeness (QED) is 0.634. The average Bonchev–Trinajstić information content (AvgIpc) is 2.84. The predicted octanol–water partition coefficient (Wildman–Crippen LogP) is 2.23. The highest BCUT2D eigenvalue weighted by Gasteiger charge is 2.18. The molecule has 2 rings (SSSR count). The van der Waals surface area contributed by atoms with Gasteiger partial charge in [-0.05, 0) is 18.6 Å². The summed E-state index contributed by atoms with van der Waals surface area (Å²) in [4.78, 5) is 4.20. The van der Waals surface area contributed by atoms with Gasteiger partial charge in [-0.1, -0.05) is 24.6 Å². The Morgan fingerprint density at radius 2 is 2.30 bits per heavy atom. The normalized spacial score (nSPS) is 12.6. The van der Waals surface area contributed by atoms with Crippen molar-refractivity contribution in [2.45, 2.75) is 32.4 Å². The lowest BCUT2D eigenvalue weighted by Crippen LogP contribution is -2.31. The molecular weight excluding hydrogens is 281 g/mol. The summed E-state index contributed by atoms with van der Waals surface area (Å²) in [6.07, 6.45) is 2.90. The van der Waals surface area contributed by atoms with Crippen molar-refractivity contribution < 1.29 is 4.39 Å². The lowest BCUT2D eigenvalue weighted by Gasteiger charge is -2.17. The summed E-state index contributed by atoms with van der Waals surface area (Å²) < 4.78 is 15.7. The molecule has 108 valence electrons. The van der Waals surface area contributed by atoms with Crippen LogP contribution in [0.25, 0.3) is 0 Å². The smallest absolute Gasteiger partial charge is 0.138 e. The number of rotatable bonds is 6. The fraction of sp³-hybridized carbons (Fsp3) is 0.385. The Hall–Kier alpha value is -1.50. The van der Waals surface area contributed by atoms with Gasteiger partial charge in [-0.15, -0.1) is 0 Å². The Labute approximate surface area is 121 Å². The van der Waals surface area contributed by atoms with Crippen LogP contribution in [-0.2, 0) is 13.0 Å². The first-order chi connectivity index (χ1) is 9.65. The van der Waals surface area contributed by atoms with Crippen LogP contribution in [0, 0.1) is 5.82 Å². The number of hydrogen-bond donors (Lipinski definition) is 2. The molecule has 0 bridgehead atoms. The van der Waals surface area contributed by atoms with E-state index in [1.165, 1.54) is 12.4 Å². The molecule has 0 aliphatic heterocycles. The molecule has 0 amide bonds. The maximum Gasteiger partial charge on any atom is 0.138 e. The SMILES string of the molecule is CCCn1ncnc1CC(NN)c1ccc(Cl)cc1F. The lowest BCUT2D eigenvalue weighted by atomic mass is 10.0. The van der Waals surface area contributed by atoms with Crippen LogP contribution in [0.5, 0.6) is 0 Å². The van der Waals surface area contributed by atoms with E-state index in [1.807, 2.05) is 0 Å². The third kappa shape index (κ3) is 3.33. The van der Waals surface area contributed by atoms with Gasteiger partial charge in [0.05, 0.1) is 6.04 Å². The molecule has 20 heavy (non-hydrogen) atoms. The Bertz CT molecular complexity index is 572. The van der Waals surface area contributed by atoms with Crippen LogP contribution in [0.4, 0.5) is 4.39 Å². The van der Waals surface area contributed by atoms with Crippen molar-refractivity contribution in [2.75, 3.05) is 0 Å². The standard InChI is InChI=1S/C13H17ClFN5/c1-2-5-20-13(17-8-18-20)7-12(19-16)10-4-3-9(14)6-11(10)15/h3-4,6,8,12,19H,2,5,7,16H2,1H3. The molecule has 5 nitrogen and oxygen atoms in total. The first-order valence-corrected chi connectivity index (χ1v) is 6.81. The van der Waals surface area contributed by atoms with Crippen LogP contribution in [-0.4, -0.2) is 14.8 Å². The molecule has 1 unspecified atom stereocenters. The van der Waals surface area contributed by atoms with Gasteiger partial charge < -0.3 is 0 Å². The highest BCUT2D eigenvalue weighted by Crippen LogP contribution is 2.22. The summed E-state index contributed by atoms with van der Waals surface area (Å²) in [5, 5.41) is 4.50. The van der Waals surface area contributed by atoms with Gasteiger partial charge in [-0.25, -0.2) is 9.37 Å². The molecule has 1 atom stereocenters. The van der Waals surface area contributed by atoms with Crippen LogP contribution in [0.15, 0.2) is 24.5 Å². The minimum Gasteiger partial charge on any atom is -0.271 e. The zero-order valence-corrected chi connectivity index (χ0v) is 11.9. The summed E-state index contributed by atoms with van der Waals surface area (Å²) in [5.74, 6) is 5.93. The van der Waals surface area contributed by atoms with E-state index in [4.69, 9.17) is 17.4 Å². The lowest BCUT2D eigenvalue weighted by molar-refractivity contribution is 0.478. The molecule has 1 heterocycles. The zero-order valence-electron chi connectivity index (χ0n) is 11.2. The minimum absolute atomic E-state index is 0.358. The van der Waals surface area contributed by atoms with Crippen LogP contribution in [0.3, 0.4) is 0 Å². The number of hydrogen-bond acceptors (Lipinski definition) is 4. The summed E-state index contributed by atoms with van der Waals surface area (Å²) in [6.45, 7) is 2.83. The van der Waals surface area contributed by atoms with Crippen molar-refractivity contribution in [3.05, 3.63) is 46.8 Å². The van der Waals surface area contributed by atoms with E-state index in [0.717, 1.165) is 18.8 Å². The highest BCUT2D eigenvalue weighted by molar-refractivity contribution is 6.30. The molecule has 0 saturated heterocycles. The van der Waals surface area contributed by atoms with E-state index in [-0.39, 0.29) is 11.9 Å². The van der Waals surface area contributed by atoms with Crippen molar-refractivity contribution in [3.63, 3.8) is 0 Å². The number of aromatic nitrogens is 3. The maximum atomic E-state index is 13.9. The van der Waals surface area contributed by atoms with Gasteiger partial charge in [-0.3, -0.25) is 16.0 Å². The maximum absolute atomic E-state index is 13.9. The number of nitrogens with two attached hydrogens (primary N) is 1. The number of aryl methyl sites for hydroxylation is 1. The second-order valence-electron chi connectivity index (χ2n) is 4.49. The van der Waals surface area contributed by atoms with E-state index < -0.39 is 0 Å². The Kier molecular flexibility index (Phi) is 5.05. The molecule has 3 N–H and O–H groups in total. The Morgan fingerprint density at radius 3 is 2.95 bits per heavy atom. The molecule has 7 heteroatoms. The number of nitrogens with zero attached hydrogens (tertiary/aromatic N) is 3. The largest absolute Gasteiger partial charge is 0.271 e. The Balaban J connectivity index is 2.22. The van der Waals surface area contributed by atoms with Gasteiger partial charge in [0.25, 0.3) is 0 Å². The average molecular weight is 298 g/mol. The molecule has 0 radical (unpaired) electrons. The highest BCUT2D eigenvalue weighted by atomic mass is 35.5. The van der Waals surface area contributed by atoms with Crippen molar-refractivity contribution in [2.24, 2.45) is 5.84 Å². The molecular formula is C13H17ClFN5. The summed E-state index contributed by atoms with van der Waals surface area (Å²) >= 11 is 5.76. The fourth-order valence-corrected chi connectivity index (χ4v) is 2.23. The third-order valence-electron chi connectivity index (χ3n) is 3.06. The molecule has 0 aliphatic rings. The number of benzene rings is 1. The van der Waals surface area contributed by atoms with Gasteiger partial charge in [0.15, 0.2) is 0 Å². The third-order valence-corrected chi connectivity index (χ3v) is 3.29. The second-order valence-corrected chi connectivity index (χ2v) is 4.93. The van der Waals surface area contributed by atoms with E-state index >= 15 is 0 Å². The molecule has 1 aromatic heterocycles. The molecule has 0 spiro atoms. The fourth-order valence-electron chi connectivity index (χ4n) is 2.07. The molecule has 0 fully saturated rings. The monoisotopic (exact) mass is 297 g/mol. The van der Waals surface area contributed by atoms with E-state index in [9.17, 15) is 4.39 Å².